The first kappa shape index (κ1) is 12.1. The Kier molecular flexibility index (Phi) is 4.36. The molecular weight excluding hydrogens is 218 g/mol. The highest BCUT2D eigenvalue weighted by molar-refractivity contribution is 7.99. The van der Waals surface area contributed by atoms with E-state index in [0.29, 0.717) is 6.04 Å². The topological polar surface area (TPSA) is 25.2 Å². The van der Waals surface area contributed by atoms with E-state index < -0.39 is 0 Å². The summed E-state index contributed by atoms with van der Waals surface area (Å²) < 4.78 is 5.43. The molecule has 0 unspecified atom stereocenters. The van der Waals surface area contributed by atoms with Gasteiger partial charge in [-0.05, 0) is 50.5 Å². The van der Waals surface area contributed by atoms with Crippen LogP contribution in [0.4, 0.5) is 0 Å². The number of rotatable bonds is 4. The highest BCUT2D eigenvalue weighted by atomic mass is 32.2. The Bertz CT molecular complexity index is 315. The Labute approximate surface area is 102 Å². The van der Waals surface area contributed by atoms with E-state index in [-0.39, 0.29) is 0 Å². The summed E-state index contributed by atoms with van der Waals surface area (Å²) in [5.41, 5.74) is 1.25. The monoisotopic (exact) mass is 239 g/mol. The summed E-state index contributed by atoms with van der Waals surface area (Å²) >= 11 is 2.02. The molecule has 0 saturated heterocycles. The summed E-state index contributed by atoms with van der Waals surface area (Å²) in [6.07, 6.45) is 9.34. The molecular formula is C13H21NOS. The summed E-state index contributed by atoms with van der Waals surface area (Å²) in [6.45, 7) is 2.98. The number of nitrogens with one attached hydrogen (secondary N) is 1. The van der Waals surface area contributed by atoms with Gasteiger partial charge in [0.2, 0.25) is 0 Å². The van der Waals surface area contributed by atoms with Crippen LogP contribution < -0.4 is 5.32 Å². The molecule has 0 atom stereocenters. The van der Waals surface area contributed by atoms with Crippen LogP contribution in [0, 0.1) is 6.92 Å². The van der Waals surface area contributed by atoms with E-state index >= 15 is 0 Å². The molecule has 1 fully saturated rings. The second kappa shape index (κ2) is 5.78. The summed E-state index contributed by atoms with van der Waals surface area (Å²) in [4.78, 5) is 0. The molecule has 2 rings (SSSR count). The van der Waals surface area contributed by atoms with Gasteiger partial charge in [0.15, 0.2) is 0 Å². The number of aryl methyl sites for hydroxylation is 1. The average Bonchev–Trinajstić information content (AvgIpc) is 2.73. The summed E-state index contributed by atoms with van der Waals surface area (Å²) in [5.74, 6) is 1.09. The second-order valence-corrected chi connectivity index (χ2v) is 5.76. The fraction of sp³-hybridized carbons (Fsp3) is 0.692. The number of hydrogen-bond donors (Lipinski definition) is 1. The molecule has 1 aliphatic rings. The molecule has 16 heavy (non-hydrogen) atoms. The van der Waals surface area contributed by atoms with E-state index in [1.807, 2.05) is 17.8 Å². The van der Waals surface area contributed by atoms with E-state index in [2.05, 4.69) is 18.5 Å². The van der Waals surface area contributed by atoms with Gasteiger partial charge < -0.3 is 9.73 Å². The first-order valence-electron chi connectivity index (χ1n) is 6.08. The third-order valence-electron chi connectivity index (χ3n) is 3.53. The van der Waals surface area contributed by atoms with Gasteiger partial charge in [0.1, 0.15) is 5.76 Å². The molecule has 0 radical (unpaired) electrons. The van der Waals surface area contributed by atoms with Crippen molar-refractivity contribution >= 4 is 11.8 Å². The zero-order valence-electron chi connectivity index (χ0n) is 10.2. The lowest BCUT2D eigenvalue weighted by molar-refractivity contribution is 0.361. The van der Waals surface area contributed by atoms with Crippen molar-refractivity contribution in [2.45, 2.75) is 50.4 Å². The van der Waals surface area contributed by atoms with Gasteiger partial charge >= 0.3 is 0 Å². The van der Waals surface area contributed by atoms with Crippen LogP contribution in [-0.4, -0.2) is 17.5 Å². The molecule has 1 aromatic heterocycles. The fourth-order valence-corrected chi connectivity index (χ4v) is 3.07. The van der Waals surface area contributed by atoms with Gasteiger partial charge in [-0.15, -0.1) is 0 Å². The number of thioether (sulfide) groups is 1. The Morgan fingerprint density at radius 2 is 2.12 bits per heavy atom. The minimum absolute atomic E-state index is 0.688. The maximum atomic E-state index is 5.43. The van der Waals surface area contributed by atoms with E-state index in [0.717, 1.165) is 17.6 Å². The normalized spacial score (nSPS) is 25.9. The average molecular weight is 239 g/mol. The second-order valence-electron chi connectivity index (χ2n) is 4.62. The van der Waals surface area contributed by atoms with Crippen molar-refractivity contribution < 1.29 is 4.42 Å². The zero-order valence-corrected chi connectivity index (χ0v) is 11.0. The molecule has 90 valence electrons. The minimum atomic E-state index is 0.688. The summed E-state index contributed by atoms with van der Waals surface area (Å²) in [5, 5.41) is 4.50. The van der Waals surface area contributed by atoms with E-state index in [1.165, 1.54) is 31.2 Å². The van der Waals surface area contributed by atoms with Gasteiger partial charge in [0.25, 0.3) is 0 Å². The Morgan fingerprint density at radius 3 is 2.69 bits per heavy atom. The highest BCUT2D eigenvalue weighted by Crippen LogP contribution is 2.27. The third kappa shape index (κ3) is 3.05. The van der Waals surface area contributed by atoms with E-state index in [4.69, 9.17) is 4.42 Å². The maximum absolute atomic E-state index is 5.43. The Hall–Kier alpha value is -0.410. The predicted octanol–water partition coefficient (Wildman–Crippen LogP) is 3.35. The quantitative estimate of drug-likeness (QED) is 0.872. The summed E-state index contributed by atoms with van der Waals surface area (Å²) in [7, 11) is 0. The van der Waals surface area contributed by atoms with Gasteiger partial charge in [-0.1, -0.05) is 0 Å². The number of furan rings is 1. The van der Waals surface area contributed by atoms with Crippen LogP contribution in [-0.2, 0) is 6.54 Å². The van der Waals surface area contributed by atoms with Crippen LogP contribution in [0.15, 0.2) is 16.7 Å². The van der Waals surface area contributed by atoms with E-state index in [1.54, 1.807) is 6.26 Å². The molecule has 3 heteroatoms. The predicted molar refractivity (Wildman–Crippen MR) is 69.8 cm³/mol. The van der Waals surface area contributed by atoms with Crippen molar-refractivity contribution in [2.75, 3.05) is 6.26 Å². The molecule has 0 amide bonds. The first-order valence-corrected chi connectivity index (χ1v) is 7.37. The van der Waals surface area contributed by atoms with Crippen molar-refractivity contribution in [3.05, 3.63) is 23.7 Å². The Balaban J connectivity index is 1.73. The lowest BCUT2D eigenvalue weighted by Gasteiger charge is -2.27. The van der Waals surface area contributed by atoms with Gasteiger partial charge in [0.05, 0.1) is 12.8 Å². The molecule has 0 aliphatic heterocycles. The minimum Gasteiger partial charge on any atom is -0.468 e. The van der Waals surface area contributed by atoms with Gasteiger partial charge in [-0.3, -0.25) is 0 Å². The molecule has 1 aromatic rings. The van der Waals surface area contributed by atoms with Crippen LogP contribution in [0.25, 0.3) is 0 Å². The molecule has 2 nitrogen and oxygen atoms in total. The lowest BCUT2D eigenvalue weighted by Crippen LogP contribution is -2.33. The van der Waals surface area contributed by atoms with Gasteiger partial charge in [-0.2, -0.15) is 11.8 Å². The van der Waals surface area contributed by atoms with Crippen molar-refractivity contribution in [1.82, 2.24) is 5.32 Å². The molecule has 1 saturated carbocycles. The molecule has 1 aliphatic carbocycles. The largest absolute Gasteiger partial charge is 0.468 e. The highest BCUT2D eigenvalue weighted by Gasteiger charge is 2.20. The van der Waals surface area contributed by atoms with Gasteiger partial charge in [-0.25, -0.2) is 0 Å². The van der Waals surface area contributed by atoms with Crippen molar-refractivity contribution in [3.8, 4) is 0 Å². The van der Waals surface area contributed by atoms with Crippen LogP contribution >= 0.6 is 11.8 Å². The molecule has 0 spiro atoms. The van der Waals surface area contributed by atoms with Crippen LogP contribution in [0.2, 0.25) is 0 Å². The van der Waals surface area contributed by atoms with Crippen LogP contribution in [0.5, 0.6) is 0 Å². The van der Waals surface area contributed by atoms with Crippen molar-refractivity contribution in [2.24, 2.45) is 0 Å². The van der Waals surface area contributed by atoms with Crippen LogP contribution in [0.3, 0.4) is 0 Å². The fourth-order valence-electron chi connectivity index (χ4n) is 2.32. The molecule has 0 bridgehead atoms. The standard InChI is InChI=1S/C13H21NOS/c1-10-7-8-15-13(10)9-14-11-3-5-12(16-2)6-4-11/h7-8,11-12,14H,3-6,9H2,1-2H3. The molecule has 1 N–H and O–H groups in total. The third-order valence-corrected chi connectivity index (χ3v) is 4.67. The van der Waals surface area contributed by atoms with Crippen LogP contribution in [0.1, 0.15) is 37.0 Å². The van der Waals surface area contributed by atoms with Crippen molar-refractivity contribution in [1.29, 1.82) is 0 Å². The molecule has 0 aromatic carbocycles. The maximum Gasteiger partial charge on any atom is 0.120 e. The lowest BCUT2D eigenvalue weighted by atomic mass is 9.95. The first-order chi connectivity index (χ1) is 7.79. The summed E-state index contributed by atoms with van der Waals surface area (Å²) in [6, 6.07) is 2.72. The number of hydrogen-bond acceptors (Lipinski definition) is 3. The van der Waals surface area contributed by atoms with E-state index in [9.17, 15) is 0 Å². The van der Waals surface area contributed by atoms with Crippen molar-refractivity contribution in [3.63, 3.8) is 0 Å². The smallest absolute Gasteiger partial charge is 0.120 e. The zero-order chi connectivity index (χ0) is 11.4. The van der Waals surface area contributed by atoms with Gasteiger partial charge in [0, 0.05) is 11.3 Å². The molecule has 1 heterocycles. The Morgan fingerprint density at radius 1 is 1.38 bits per heavy atom. The SMILES string of the molecule is CSC1CCC(NCc2occc2C)CC1.